The molecule has 1 fully saturated rings. The second-order valence-corrected chi connectivity index (χ2v) is 4.49. The highest BCUT2D eigenvalue weighted by Gasteiger charge is 2.17. The molecule has 0 amide bonds. The molecule has 0 radical (unpaired) electrons. The minimum absolute atomic E-state index is 0.216. The van der Waals surface area contributed by atoms with E-state index in [1.54, 1.807) is 0 Å². The van der Waals surface area contributed by atoms with Crippen LogP contribution in [0.25, 0.3) is 0 Å². The molecule has 0 atom stereocenters. The number of piperidine rings is 1. The minimum atomic E-state index is -1.41. The van der Waals surface area contributed by atoms with Crippen molar-refractivity contribution < 1.29 is 13.2 Å². The molecule has 2 nitrogen and oxygen atoms in total. The van der Waals surface area contributed by atoms with Crippen LogP contribution < -0.4 is 5.73 Å². The van der Waals surface area contributed by atoms with E-state index in [2.05, 4.69) is 4.90 Å². The largest absolute Gasteiger partial charge is 0.328 e. The fourth-order valence-corrected chi connectivity index (χ4v) is 2.07. The van der Waals surface area contributed by atoms with Crippen LogP contribution in [0.4, 0.5) is 13.2 Å². The van der Waals surface area contributed by atoms with Gasteiger partial charge in [-0.05, 0) is 43.6 Å². The highest BCUT2D eigenvalue weighted by atomic mass is 19.2. The fraction of sp³-hybridized carbons (Fsp3) is 0.500. The summed E-state index contributed by atoms with van der Waals surface area (Å²) in [6.07, 6.45) is 1.76. The monoisotopic (exact) mass is 244 g/mol. The molecule has 94 valence electrons. The highest BCUT2D eigenvalue weighted by Crippen LogP contribution is 2.17. The van der Waals surface area contributed by atoms with E-state index in [1.807, 2.05) is 0 Å². The first-order chi connectivity index (χ1) is 8.06. The molecular formula is C12H15F3N2. The molecule has 1 aromatic carbocycles. The molecule has 0 saturated carbocycles. The van der Waals surface area contributed by atoms with Crippen LogP contribution in [0.5, 0.6) is 0 Å². The Labute approximate surface area is 98.2 Å². The van der Waals surface area contributed by atoms with Crippen molar-refractivity contribution in [3.8, 4) is 0 Å². The summed E-state index contributed by atoms with van der Waals surface area (Å²) in [6, 6.07) is 2.31. The zero-order chi connectivity index (χ0) is 12.4. The van der Waals surface area contributed by atoms with Gasteiger partial charge in [-0.1, -0.05) is 0 Å². The van der Waals surface area contributed by atoms with Crippen LogP contribution in [0.1, 0.15) is 18.4 Å². The van der Waals surface area contributed by atoms with Gasteiger partial charge in [0.2, 0.25) is 0 Å². The van der Waals surface area contributed by atoms with E-state index in [1.165, 1.54) is 0 Å². The van der Waals surface area contributed by atoms with Gasteiger partial charge in [-0.2, -0.15) is 0 Å². The van der Waals surface area contributed by atoms with Crippen LogP contribution in [0.2, 0.25) is 0 Å². The normalized spacial score (nSPS) is 18.6. The van der Waals surface area contributed by atoms with Crippen molar-refractivity contribution in [2.45, 2.75) is 25.4 Å². The van der Waals surface area contributed by atoms with E-state index >= 15 is 0 Å². The Morgan fingerprint density at radius 1 is 1.12 bits per heavy atom. The van der Waals surface area contributed by atoms with Gasteiger partial charge in [0.05, 0.1) is 0 Å². The van der Waals surface area contributed by atoms with Gasteiger partial charge in [0.15, 0.2) is 17.5 Å². The standard InChI is InChI=1S/C12H15F3N2/c13-10-5-8(6-11(14)12(10)15)7-17-3-1-9(16)2-4-17/h5-6,9H,1-4,7,16H2. The molecule has 1 aliphatic heterocycles. The molecule has 2 N–H and O–H groups in total. The molecule has 1 aromatic rings. The topological polar surface area (TPSA) is 29.3 Å². The average Bonchev–Trinajstić information content (AvgIpc) is 2.29. The molecule has 0 unspecified atom stereocenters. The van der Waals surface area contributed by atoms with Crippen molar-refractivity contribution in [2.24, 2.45) is 5.73 Å². The van der Waals surface area contributed by atoms with Crippen molar-refractivity contribution in [2.75, 3.05) is 13.1 Å². The summed E-state index contributed by atoms with van der Waals surface area (Å²) in [6.45, 7) is 2.05. The lowest BCUT2D eigenvalue weighted by Crippen LogP contribution is -2.39. The Hall–Kier alpha value is -1.07. The van der Waals surface area contributed by atoms with Gasteiger partial charge in [-0.25, -0.2) is 13.2 Å². The molecule has 2 rings (SSSR count). The number of nitrogens with zero attached hydrogens (tertiary/aromatic N) is 1. The maximum Gasteiger partial charge on any atom is 0.194 e. The summed E-state index contributed by atoms with van der Waals surface area (Å²) >= 11 is 0. The number of benzene rings is 1. The van der Waals surface area contributed by atoms with Gasteiger partial charge in [-0.3, -0.25) is 4.90 Å². The molecular weight excluding hydrogens is 229 g/mol. The maximum absolute atomic E-state index is 13.0. The van der Waals surface area contributed by atoms with Crippen LogP contribution in [0.15, 0.2) is 12.1 Å². The third kappa shape index (κ3) is 2.98. The van der Waals surface area contributed by atoms with Crippen LogP contribution in [0, 0.1) is 17.5 Å². The summed E-state index contributed by atoms with van der Waals surface area (Å²) in [5, 5.41) is 0. The van der Waals surface area contributed by atoms with Gasteiger partial charge < -0.3 is 5.73 Å². The number of hydrogen-bond acceptors (Lipinski definition) is 2. The first-order valence-electron chi connectivity index (χ1n) is 5.67. The van der Waals surface area contributed by atoms with E-state index in [9.17, 15) is 13.2 Å². The number of hydrogen-bond donors (Lipinski definition) is 1. The first kappa shape index (κ1) is 12.4. The molecule has 1 heterocycles. The van der Waals surface area contributed by atoms with Gasteiger partial charge in [0.25, 0.3) is 0 Å². The zero-order valence-corrected chi connectivity index (χ0v) is 9.43. The van der Waals surface area contributed by atoms with E-state index in [4.69, 9.17) is 5.73 Å². The lowest BCUT2D eigenvalue weighted by atomic mass is 10.1. The molecule has 1 aliphatic rings. The van der Waals surface area contributed by atoms with Crippen LogP contribution in [-0.2, 0) is 6.54 Å². The van der Waals surface area contributed by atoms with Crippen molar-refractivity contribution in [3.63, 3.8) is 0 Å². The first-order valence-corrected chi connectivity index (χ1v) is 5.67. The molecule has 1 saturated heterocycles. The lowest BCUT2D eigenvalue weighted by molar-refractivity contribution is 0.205. The predicted molar refractivity (Wildman–Crippen MR) is 58.8 cm³/mol. The Bertz CT molecular complexity index is 378. The highest BCUT2D eigenvalue weighted by molar-refractivity contribution is 5.19. The summed E-state index contributed by atoms with van der Waals surface area (Å²) < 4.78 is 38.8. The summed E-state index contributed by atoms with van der Waals surface area (Å²) in [5.74, 6) is -3.67. The van der Waals surface area contributed by atoms with E-state index in [-0.39, 0.29) is 6.04 Å². The van der Waals surface area contributed by atoms with Crippen LogP contribution >= 0.6 is 0 Å². The fourth-order valence-electron chi connectivity index (χ4n) is 2.07. The van der Waals surface area contributed by atoms with E-state index in [0.717, 1.165) is 38.1 Å². The predicted octanol–water partition coefficient (Wildman–Crippen LogP) is 2.03. The Morgan fingerprint density at radius 2 is 1.65 bits per heavy atom. The SMILES string of the molecule is NC1CCN(Cc2cc(F)c(F)c(F)c2)CC1. The third-order valence-corrected chi connectivity index (χ3v) is 3.08. The lowest BCUT2D eigenvalue weighted by Gasteiger charge is -2.30. The van der Waals surface area contributed by atoms with Gasteiger partial charge in [0.1, 0.15) is 0 Å². The Balaban J connectivity index is 2.04. The van der Waals surface area contributed by atoms with Crippen LogP contribution in [0.3, 0.4) is 0 Å². The van der Waals surface area contributed by atoms with Gasteiger partial charge >= 0.3 is 0 Å². The van der Waals surface area contributed by atoms with Crippen molar-refractivity contribution in [1.82, 2.24) is 4.90 Å². The van der Waals surface area contributed by atoms with Gasteiger partial charge in [-0.15, -0.1) is 0 Å². The van der Waals surface area contributed by atoms with Crippen molar-refractivity contribution >= 4 is 0 Å². The number of rotatable bonds is 2. The van der Waals surface area contributed by atoms with Gasteiger partial charge in [0, 0.05) is 12.6 Å². The Morgan fingerprint density at radius 3 is 2.18 bits per heavy atom. The minimum Gasteiger partial charge on any atom is -0.328 e. The molecule has 17 heavy (non-hydrogen) atoms. The number of likely N-dealkylation sites (tertiary alicyclic amines) is 1. The van der Waals surface area contributed by atoms with Crippen molar-refractivity contribution in [1.29, 1.82) is 0 Å². The smallest absolute Gasteiger partial charge is 0.194 e. The average molecular weight is 244 g/mol. The summed E-state index contributed by atoms with van der Waals surface area (Å²) in [5.41, 5.74) is 6.22. The summed E-state index contributed by atoms with van der Waals surface area (Å²) in [7, 11) is 0. The number of halogens is 3. The molecule has 0 spiro atoms. The second-order valence-electron chi connectivity index (χ2n) is 4.49. The second kappa shape index (κ2) is 5.06. The number of nitrogens with two attached hydrogens (primary N) is 1. The molecule has 5 heteroatoms. The molecule has 0 aromatic heterocycles. The maximum atomic E-state index is 13.0. The summed E-state index contributed by atoms with van der Waals surface area (Å²) in [4.78, 5) is 2.06. The van der Waals surface area contributed by atoms with Crippen molar-refractivity contribution in [3.05, 3.63) is 35.1 Å². The zero-order valence-electron chi connectivity index (χ0n) is 9.43. The quantitative estimate of drug-likeness (QED) is 0.806. The van der Waals surface area contributed by atoms with E-state index in [0.29, 0.717) is 12.1 Å². The third-order valence-electron chi connectivity index (χ3n) is 3.08. The molecule has 0 bridgehead atoms. The Kier molecular flexibility index (Phi) is 3.69. The van der Waals surface area contributed by atoms with E-state index < -0.39 is 17.5 Å². The molecule has 0 aliphatic carbocycles. The van der Waals surface area contributed by atoms with Crippen LogP contribution in [-0.4, -0.2) is 24.0 Å².